The molecule has 3 aliphatic rings. The maximum atomic E-state index is 12.3. The number of amides is 1. The van der Waals surface area contributed by atoms with Crippen LogP contribution in [0.3, 0.4) is 0 Å². The number of carbonyl (C=O) groups is 1. The number of likely N-dealkylation sites (tertiary alicyclic amines) is 2. The number of halogens is 3. The Morgan fingerprint density at radius 1 is 1.05 bits per heavy atom. The van der Waals surface area contributed by atoms with Gasteiger partial charge in [-0.2, -0.15) is 13.2 Å². The third-order valence-electron chi connectivity index (χ3n) is 5.24. The fourth-order valence-corrected chi connectivity index (χ4v) is 3.99. The monoisotopic (exact) mass is 320 g/mol. The summed E-state index contributed by atoms with van der Waals surface area (Å²) in [5.74, 6) is -1.12. The van der Waals surface area contributed by atoms with E-state index in [1.165, 1.54) is 17.9 Å². The number of alkyl halides is 3. The van der Waals surface area contributed by atoms with E-state index < -0.39 is 12.1 Å². The predicted octanol–water partition coefficient (Wildman–Crippen LogP) is 0.538. The van der Waals surface area contributed by atoms with Crippen molar-refractivity contribution in [2.45, 2.75) is 25.1 Å². The van der Waals surface area contributed by atoms with E-state index in [2.05, 4.69) is 16.8 Å². The summed E-state index contributed by atoms with van der Waals surface area (Å²) >= 11 is 0. The molecule has 2 unspecified atom stereocenters. The van der Waals surface area contributed by atoms with E-state index in [-0.39, 0.29) is 0 Å². The van der Waals surface area contributed by atoms with Gasteiger partial charge in [-0.05, 0) is 44.8 Å². The summed E-state index contributed by atoms with van der Waals surface area (Å²) in [6.45, 7) is 5.16. The molecule has 2 atom stereocenters. The van der Waals surface area contributed by atoms with Crippen LogP contribution in [-0.2, 0) is 4.79 Å². The first kappa shape index (κ1) is 16.0. The van der Waals surface area contributed by atoms with E-state index in [9.17, 15) is 18.0 Å². The molecule has 0 spiro atoms. The molecule has 3 heterocycles. The van der Waals surface area contributed by atoms with Crippen molar-refractivity contribution in [2.24, 2.45) is 11.8 Å². The number of fused-ring (bicyclic) bond motifs is 1. The van der Waals surface area contributed by atoms with E-state index in [1.54, 1.807) is 0 Å². The van der Waals surface area contributed by atoms with Crippen LogP contribution in [0.15, 0.2) is 0 Å². The second kappa shape index (κ2) is 5.98. The molecule has 1 amide bonds. The van der Waals surface area contributed by atoms with Crippen LogP contribution < -0.4 is 5.43 Å². The van der Waals surface area contributed by atoms with Crippen molar-refractivity contribution < 1.29 is 18.0 Å². The topological polar surface area (TPSA) is 38.8 Å². The molecular formula is C14H23F3N4O. The molecule has 3 saturated heterocycles. The van der Waals surface area contributed by atoms with E-state index in [0.717, 1.165) is 26.2 Å². The summed E-state index contributed by atoms with van der Waals surface area (Å²) < 4.78 is 36.8. The molecule has 126 valence electrons. The molecule has 1 N–H and O–H groups in total. The number of nitrogens with zero attached hydrogens (tertiary/aromatic N) is 3. The lowest BCUT2D eigenvalue weighted by Crippen LogP contribution is -2.49. The van der Waals surface area contributed by atoms with Gasteiger partial charge in [-0.1, -0.05) is 0 Å². The van der Waals surface area contributed by atoms with Crippen LogP contribution in [0.4, 0.5) is 13.2 Å². The van der Waals surface area contributed by atoms with Crippen molar-refractivity contribution in [3.8, 4) is 0 Å². The van der Waals surface area contributed by atoms with E-state index in [1.807, 2.05) is 5.43 Å². The molecule has 3 rings (SSSR count). The SMILES string of the molecule is CN1CCC(N2CC3CN(NC(=O)C(F)(F)F)CC3C2)CC1. The zero-order valence-electron chi connectivity index (χ0n) is 12.8. The molecule has 5 nitrogen and oxygen atoms in total. The maximum Gasteiger partial charge on any atom is 0.472 e. The first-order chi connectivity index (χ1) is 10.3. The van der Waals surface area contributed by atoms with Gasteiger partial charge in [0, 0.05) is 32.2 Å². The lowest BCUT2D eigenvalue weighted by molar-refractivity contribution is -0.178. The summed E-state index contributed by atoms with van der Waals surface area (Å²) in [4.78, 5) is 15.8. The van der Waals surface area contributed by atoms with E-state index >= 15 is 0 Å². The van der Waals surface area contributed by atoms with Crippen LogP contribution in [0.25, 0.3) is 0 Å². The van der Waals surface area contributed by atoms with Crippen molar-refractivity contribution in [3.63, 3.8) is 0 Å². The number of hydrogen-bond acceptors (Lipinski definition) is 4. The Hall–Kier alpha value is -0.860. The third-order valence-corrected chi connectivity index (χ3v) is 5.24. The fraction of sp³-hybridized carbons (Fsp3) is 0.929. The predicted molar refractivity (Wildman–Crippen MR) is 74.8 cm³/mol. The van der Waals surface area contributed by atoms with Gasteiger partial charge in [0.05, 0.1) is 0 Å². The van der Waals surface area contributed by atoms with Gasteiger partial charge >= 0.3 is 12.1 Å². The summed E-state index contributed by atoms with van der Waals surface area (Å²) in [7, 11) is 2.14. The molecule has 0 aromatic carbocycles. The zero-order valence-corrected chi connectivity index (χ0v) is 12.8. The van der Waals surface area contributed by atoms with Crippen LogP contribution in [0, 0.1) is 11.8 Å². The van der Waals surface area contributed by atoms with Gasteiger partial charge in [0.25, 0.3) is 0 Å². The Morgan fingerprint density at radius 2 is 1.59 bits per heavy atom. The van der Waals surface area contributed by atoms with Crippen LogP contribution in [-0.4, -0.2) is 79.3 Å². The van der Waals surface area contributed by atoms with Gasteiger partial charge in [-0.25, -0.2) is 5.01 Å². The minimum absolute atomic E-state index is 0.369. The highest BCUT2D eigenvalue weighted by Crippen LogP contribution is 2.33. The minimum atomic E-state index is -4.81. The Balaban J connectivity index is 1.47. The zero-order chi connectivity index (χ0) is 15.9. The van der Waals surface area contributed by atoms with Gasteiger partial charge in [0.15, 0.2) is 0 Å². The minimum Gasteiger partial charge on any atom is -0.306 e. The molecular weight excluding hydrogens is 297 g/mol. The Labute approximate surface area is 128 Å². The number of piperidine rings is 1. The van der Waals surface area contributed by atoms with Crippen LogP contribution in [0.1, 0.15) is 12.8 Å². The third kappa shape index (κ3) is 3.38. The van der Waals surface area contributed by atoms with Crippen molar-refractivity contribution in [3.05, 3.63) is 0 Å². The number of carbonyl (C=O) groups excluding carboxylic acids is 1. The molecule has 0 aromatic heterocycles. The highest BCUT2D eigenvalue weighted by Gasteiger charge is 2.45. The smallest absolute Gasteiger partial charge is 0.306 e. The summed E-state index contributed by atoms with van der Waals surface area (Å²) in [5, 5.41) is 1.44. The summed E-state index contributed by atoms with van der Waals surface area (Å²) in [6.07, 6.45) is -2.47. The molecule has 0 bridgehead atoms. The molecule has 3 aliphatic heterocycles. The highest BCUT2D eigenvalue weighted by molar-refractivity contribution is 5.81. The standard InChI is InChI=1S/C14H23F3N4O/c1-19-4-2-12(3-5-19)20-6-10-8-21(9-11(10)7-20)18-13(22)14(15,16)17/h10-12H,2-9H2,1H3,(H,18,22). The number of rotatable bonds is 2. The summed E-state index contributed by atoms with van der Waals surface area (Å²) in [5.41, 5.74) is 1.99. The molecule has 0 aliphatic carbocycles. The van der Waals surface area contributed by atoms with Gasteiger partial charge in [0.2, 0.25) is 0 Å². The number of hydrazine groups is 1. The first-order valence-electron chi connectivity index (χ1n) is 7.88. The average molecular weight is 320 g/mol. The van der Waals surface area contributed by atoms with Gasteiger partial charge in [-0.15, -0.1) is 0 Å². The second-order valence-corrected chi connectivity index (χ2v) is 6.85. The molecule has 0 radical (unpaired) electrons. The van der Waals surface area contributed by atoms with Gasteiger partial charge in [-0.3, -0.25) is 15.1 Å². The number of hydrogen-bond donors (Lipinski definition) is 1. The Bertz CT molecular complexity index is 409. The van der Waals surface area contributed by atoms with Gasteiger partial charge < -0.3 is 4.90 Å². The molecule has 3 fully saturated rings. The molecule has 22 heavy (non-hydrogen) atoms. The first-order valence-corrected chi connectivity index (χ1v) is 7.88. The fourth-order valence-electron chi connectivity index (χ4n) is 3.99. The van der Waals surface area contributed by atoms with Crippen molar-refractivity contribution in [1.82, 2.24) is 20.2 Å². The lowest BCUT2D eigenvalue weighted by Gasteiger charge is -2.35. The largest absolute Gasteiger partial charge is 0.472 e. The van der Waals surface area contributed by atoms with E-state index in [0.29, 0.717) is 31.0 Å². The number of nitrogens with one attached hydrogen (secondary N) is 1. The average Bonchev–Trinajstić information content (AvgIpc) is 2.96. The molecule has 0 aromatic rings. The normalized spacial score (nSPS) is 32.4. The van der Waals surface area contributed by atoms with Crippen molar-refractivity contribution >= 4 is 5.91 Å². The highest BCUT2D eigenvalue weighted by atomic mass is 19.4. The molecule has 0 saturated carbocycles. The Morgan fingerprint density at radius 3 is 2.09 bits per heavy atom. The second-order valence-electron chi connectivity index (χ2n) is 6.85. The van der Waals surface area contributed by atoms with Crippen LogP contribution in [0.2, 0.25) is 0 Å². The van der Waals surface area contributed by atoms with Crippen molar-refractivity contribution in [2.75, 3.05) is 46.3 Å². The van der Waals surface area contributed by atoms with Crippen LogP contribution in [0.5, 0.6) is 0 Å². The Kier molecular flexibility index (Phi) is 4.35. The van der Waals surface area contributed by atoms with Gasteiger partial charge in [0.1, 0.15) is 0 Å². The van der Waals surface area contributed by atoms with Crippen LogP contribution >= 0.6 is 0 Å². The quantitative estimate of drug-likeness (QED) is 0.806. The maximum absolute atomic E-state index is 12.3. The van der Waals surface area contributed by atoms with E-state index in [4.69, 9.17) is 0 Å². The molecule has 8 heteroatoms. The van der Waals surface area contributed by atoms with Crippen molar-refractivity contribution in [1.29, 1.82) is 0 Å². The lowest BCUT2D eigenvalue weighted by atomic mass is 10.0. The summed E-state index contributed by atoms with van der Waals surface area (Å²) in [6, 6.07) is 0.611.